The van der Waals surface area contributed by atoms with E-state index in [0.717, 1.165) is 22.3 Å². The quantitative estimate of drug-likeness (QED) is 0.192. The molecule has 8 aromatic rings. The van der Waals surface area contributed by atoms with E-state index in [4.69, 9.17) is 10.5 Å². The number of hydrogen-bond acceptors (Lipinski definition) is 1. The van der Waals surface area contributed by atoms with Crippen LogP contribution in [0.25, 0.3) is 71.6 Å². The first kappa shape index (κ1) is 18.1. The van der Waals surface area contributed by atoms with Gasteiger partial charge in [-0.3, -0.25) is 4.57 Å². The van der Waals surface area contributed by atoms with Crippen molar-refractivity contribution in [1.82, 2.24) is 9.55 Å². The molecule has 0 N–H and O–H groups in total. The van der Waals surface area contributed by atoms with Crippen LogP contribution >= 0.6 is 0 Å². The first-order valence-corrected chi connectivity index (χ1v) is 14.3. The van der Waals surface area contributed by atoms with Gasteiger partial charge in [0.2, 0.25) is 0 Å². The number of para-hydroxylation sites is 2. The topological polar surface area (TPSA) is 17.8 Å². The summed E-state index contributed by atoms with van der Waals surface area (Å²) in [6.07, 6.45) is 0.454. The maximum atomic E-state index is 9.42. The van der Waals surface area contributed by atoms with Gasteiger partial charge in [0.25, 0.3) is 0 Å². The van der Waals surface area contributed by atoms with Crippen LogP contribution in [0.15, 0.2) is 151 Å². The van der Waals surface area contributed by atoms with Crippen molar-refractivity contribution in [3.05, 3.63) is 157 Å². The maximum absolute atomic E-state index is 9.42. The lowest BCUT2D eigenvalue weighted by Gasteiger charge is -2.20. The van der Waals surface area contributed by atoms with Gasteiger partial charge in [0.1, 0.15) is 5.82 Å². The Hall–Kier alpha value is -5.47. The highest BCUT2D eigenvalue weighted by molar-refractivity contribution is 6.19. The molecule has 8 rings (SSSR count). The first-order chi connectivity index (χ1) is 24.6. The van der Waals surface area contributed by atoms with Crippen molar-refractivity contribution in [3.8, 4) is 39.1 Å². The highest BCUT2D eigenvalue weighted by Gasteiger charge is 2.21. The van der Waals surface area contributed by atoms with Crippen LogP contribution in [0.2, 0.25) is 0 Å². The van der Waals surface area contributed by atoms with E-state index in [-0.39, 0.29) is 51.4 Å². The first-order valence-electron chi connectivity index (χ1n) is 18.3. The Labute approximate surface area is 262 Å². The smallest absolute Gasteiger partial charge is 0.114 e. The Morgan fingerprint density at radius 3 is 1.60 bits per heavy atom. The minimum absolute atomic E-state index is 0.151. The van der Waals surface area contributed by atoms with E-state index in [9.17, 15) is 5.48 Å². The van der Waals surface area contributed by atoms with E-state index >= 15 is 0 Å². The lowest BCUT2D eigenvalue weighted by atomic mass is 9.87. The van der Waals surface area contributed by atoms with E-state index in [0.29, 0.717) is 34.4 Å². The molecule has 1 aromatic heterocycles. The van der Waals surface area contributed by atoms with Crippen LogP contribution in [-0.2, 0) is 6.42 Å². The van der Waals surface area contributed by atoms with Crippen LogP contribution in [0.3, 0.4) is 0 Å². The Balaban J connectivity index is 1.68. The van der Waals surface area contributed by atoms with Gasteiger partial charge < -0.3 is 0 Å². The van der Waals surface area contributed by atoms with Gasteiger partial charge in [-0.15, -0.1) is 0 Å². The van der Waals surface area contributed by atoms with Crippen LogP contribution in [0, 0.1) is 0 Å². The average molecular weight is 559 g/mol. The van der Waals surface area contributed by atoms with Crippen LogP contribution in [0.4, 0.5) is 0 Å². The van der Waals surface area contributed by atoms with Crippen molar-refractivity contribution in [3.63, 3.8) is 0 Å². The molecule has 0 spiro atoms. The van der Waals surface area contributed by atoms with Gasteiger partial charge in [0.05, 0.1) is 27.7 Å². The molecule has 0 fully saturated rings. The second kappa shape index (κ2) is 10.4. The molecule has 2 nitrogen and oxygen atoms in total. The molecule has 0 saturated heterocycles. The zero-order valence-electron chi connectivity index (χ0n) is 31.4. The Kier molecular flexibility index (Phi) is 4.40. The van der Waals surface area contributed by atoms with Gasteiger partial charge in [-0.1, -0.05) is 128 Å². The van der Waals surface area contributed by atoms with E-state index in [1.807, 2.05) is 104 Å². The fraction of sp³-hybridized carbons (Fsp3) is 0.0488. The van der Waals surface area contributed by atoms with Crippen LogP contribution < -0.4 is 0 Å². The Morgan fingerprint density at radius 1 is 0.558 bits per heavy atom. The van der Waals surface area contributed by atoms with Crippen LogP contribution in [0.1, 0.15) is 23.7 Å². The van der Waals surface area contributed by atoms with E-state index in [2.05, 4.69) is 6.07 Å². The molecule has 0 amide bonds. The summed E-state index contributed by atoms with van der Waals surface area (Å²) in [5, 5.41) is 0.630. The standard InChI is InChI=1S/C41H30N2/c1-2-39-42-37-23-13-14-24-38(37)43(39)41-35-21-11-9-19-33(35)40(34-20-10-12-22-36(34)41)32-26-30(28-15-5-3-6-16-28)25-31(27-32)29-17-7-4-8-18-29/h3-27H,2H2,1H3/i9D,10D,11D,12D,19D,20D,21D,22D. The van der Waals surface area contributed by atoms with Gasteiger partial charge >= 0.3 is 0 Å². The largest absolute Gasteiger partial charge is 0.295 e. The summed E-state index contributed by atoms with van der Waals surface area (Å²) in [6, 6.07) is 30.0. The Morgan fingerprint density at radius 2 is 1.05 bits per heavy atom. The molecule has 0 radical (unpaired) electrons. The number of hydrogen-bond donors (Lipinski definition) is 0. The van der Waals surface area contributed by atoms with Gasteiger partial charge in [0.15, 0.2) is 0 Å². The molecule has 0 saturated carbocycles. The molecular formula is C41H30N2. The summed E-state index contributed by atoms with van der Waals surface area (Å²) in [5.74, 6) is 0.587. The molecule has 0 aliphatic heterocycles. The SMILES string of the molecule is [2H]c1c([2H])c([2H])c2c(-n3c(CC)nc4ccccc43)c3c([2H])c([2H])c([2H])c([2H])c3c(-c3cc(-c4ccccc4)cc(-c4ccccc4)c3)c2c1[2H]. The van der Waals surface area contributed by atoms with E-state index < -0.39 is 24.2 Å². The zero-order valence-corrected chi connectivity index (χ0v) is 23.4. The molecule has 0 aliphatic rings. The van der Waals surface area contributed by atoms with Crippen molar-refractivity contribution in [2.24, 2.45) is 0 Å². The predicted octanol–water partition coefficient (Wildman–Crippen LogP) is 10.9. The van der Waals surface area contributed by atoms with Gasteiger partial charge in [0, 0.05) is 17.2 Å². The summed E-state index contributed by atoms with van der Waals surface area (Å²) in [7, 11) is 0. The van der Waals surface area contributed by atoms with Gasteiger partial charge in [-0.05, 0) is 74.5 Å². The second-order valence-electron chi connectivity index (χ2n) is 10.5. The number of aryl methyl sites for hydroxylation is 1. The summed E-state index contributed by atoms with van der Waals surface area (Å²) < 4.78 is 74.8. The molecule has 204 valence electrons. The van der Waals surface area contributed by atoms with Crippen molar-refractivity contribution < 1.29 is 11.0 Å². The average Bonchev–Trinajstić information content (AvgIpc) is 3.55. The van der Waals surface area contributed by atoms with E-state index in [1.165, 1.54) is 0 Å². The van der Waals surface area contributed by atoms with Crippen molar-refractivity contribution in [2.45, 2.75) is 13.3 Å². The van der Waals surface area contributed by atoms with Crippen molar-refractivity contribution >= 4 is 32.6 Å². The molecule has 0 bridgehead atoms. The minimum Gasteiger partial charge on any atom is -0.295 e. The lowest BCUT2D eigenvalue weighted by Crippen LogP contribution is -2.03. The van der Waals surface area contributed by atoms with Crippen LogP contribution in [-0.4, -0.2) is 9.55 Å². The number of nitrogens with zero attached hydrogens (tertiary/aromatic N) is 2. The highest BCUT2D eigenvalue weighted by atomic mass is 15.1. The third-order valence-corrected chi connectivity index (χ3v) is 7.95. The molecule has 2 heteroatoms. The summed E-state index contributed by atoms with van der Waals surface area (Å²) in [5.41, 5.74) is 5.94. The number of rotatable bonds is 5. The predicted molar refractivity (Wildman–Crippen MR) is 182 cm³/mol. The van der Waals surface area contributed by atoms with Crippen molar-refractivity contribution in [2.75, 3.05) is 0 Å². The number of benzene rings is 7. The monoisotopic (exact) mass is 558 g/mol. The second-order valence-corrected chi connectivity index (χ2v) is 10.5. The summed E-state index contributed by atoms with van der Waals surface area (Å²) in [6.45, 7) is 1.93. The zero-order chi connectivity index (χ0) is 35.7. The number of aromatic nitrogens is 2. The van der Waals surface area contributed by atoms with Gasteiger partial charge in [-0.2, -0.15) is 0 Å². The van der Waals surface area contributed by atoms with Gasteiger partial charge in [-0.25, -0.2) is 4.98 Å². The molecule has 43 heavy (non-hydrogen) atoms. The number of imidazole rings is 1. The third kappa shape index (κ3) is 4.23. The summed E-state index contributed by atoms with van der Waals surface area (Å²) >= 11 is 0. The minimum atomic E-state index is -0.439. The number of fused-ring (bicyclic) bond motifs is 3. The molecular weight excluding hydrogens is 520 g/mol. The molecule has 0 atom stereocenters. The fourth-order valence-corrected chi connectivity index (χ4v) is 6.05. The molecule has 0 aliphatic carbocycles. The highest BCUT2D eigenvalue weighted by Crippen LogP contribution is 2.44. The Bertz CT molecular complexity index is 2570. The van der Waals surface area contributed by atoms with Crippen molar-refractivity contribution in [1.29, 1.82) is 0 Å². The molecule has 7 aromatic carbocycles. The lowest BCUT2D eigenvalue weighted by molar-refractivity contribution is 0.917. The molecule has 1 heterocycles. The fourth-order valence-electron chi connectivity index (χ4n) is 6.05. The molecule has 0 unspecified atom stereocenters. The maximum Gasteiger partial charge on any atom is 0.114 e. The van der Waals surface area contributed by atoms with Crippen LogP contribution in [0.5, 0.6) is 0 Å². The van der Waals surface area contributed by atoms with E-state index in [1.54, 1.807) is 4.57 Å². The third-order valence-electron chi connectivity index (χ3n) is 7.95. The normalized spacial score (nSPS) is 14.1. The summed E-state index contributed by atoms with van der Waals surface area (Å²) in [4.78, 5) is 4.86.